The summed E-state index contributed by atoms with van der Waals surface area (Å²) in [6, 6.07) is 2.13. The molecule has 2 aromatic rings. The highest BCUT2D eigenvalue weighted by molar-refractivity contribution is 7.07. The maximum absolute atomic E-state index is 12.5. The number of guanidine groups is 1. The van der Waals surface area contributed by atoms with Crippen molar-refractivity contribution in [1.82, 2.24) is 20.0 Å². The summed E-state index contributed by atoms with van der Waals surface area (Å²) in [5.74, 6) is 0.889. The van der Waals surface area contributed by atoms with Gasteiger partial charge in [-0.1, -0.05) is 0 Å². The molecule has 134 valence electrons. The number of piperazine rings is 1. The number of hydrogen-bond donors (Lipinski definition) is 1. The fourth-order valence-electron chi connectivity index (χ4n) is 2.83. The van der Waals surface area contributed by atoms with Crippen LogP contribution in [-0.2, 0) is 18.3 Å². The Morgan fingerprint density at radius 1 is 1.44 bits per heavy atom. The molecule has 1 fully saturated rings. The summed E-state index contributed by atoms with van der Waals surface area (Å²) < 4.78 is 1.71. The molecule has 0 bridgehead atoms. The Bertz CT molecular complexity index is 723. The minimum absolute atomic E-state index is 0.0719. The van der Waals surface area contributed by atoms with E-state index in [2.05, 4.69) is 27.2 Å². The van der Waals surface area contributed by atoms with Gasteiger partial charge in [-0.15, -0.1) is 0 Å². The van der Waals surface area contributed by atoms with Crippen LogP contribution in [0.2, 0.25) is 0 Å². The predicted octanol–water partition coefficient (Wildman–Crippen LogP) is 1.34. The van der Waals surface area contributed by atoms with Gasteiger partial charge in [-0.25, -0.2) is 0 Å². The van der Waals surface area contributed by atoms with Crippen LogP contribution in [0.15, 0.2) is 34.2 Å². The summed E-state index contributed by atoms with van der Waals surface area (Å²) in [7, 11) is 1.85. The van der Waals surface area contributed by atoms with E-state index in [1.165, 1.54) is 5.56 Å². The Hall–Kier alpha value is -2.35. The van der Waals surface area contributed by atoms with Crippen LogP contribution < -0.4 is 10.2 Å². The summed E-state index contributed by atoms with van der Waals surface area (Å²) in [4.78, 5) is 21.1. The van der Waals surface area contributed by atoms with Gasteiger partial charge in [0.05, 0.1) is 11.9 Å². The molecule has 3 rings (SSSR count). The minimum Gasteiger partial charge on any atom is -0.357 e. The number of thiophene rings is 1. The molecule has 0 aromatic carbocycles. The van der Waals surface area contributed by atoms with Crippen molar-refractivity contribution in [1.29, 1.82) is 0 Å². The fourth-order valence-corrected chi connectivity index (χ4v) is 3.53. The second-order valence-electron chi connectivity index (χ2n) is 5.96. The molecule has 0 radical (unpaired) electrons. The van der Waals surface area contributed by atoms with Gasteiger partial charge in [0, 0.05) is 39.4 Å². The number of anilines is 1. The van der Waals surface area contributed by atoms with Gasteiger partial charge in [-0.2, -0.15) is 16.4 Å². The van der Waals surface area contributed by atoms with Gasteiger partial charge >= 0.3 is 0 Å². The minimum atomic E-state index is 0.0719. The maximum Gasteiger partial charge on any atom is 0.246 e. The zero-order valence-corrected chi connectivity index (χ0v) is 15.5. The van der Waals surface area contributed by atoms with E-state index in [0.29, 0.717) is 13.1 Å². The molecule has 3 heterocycles. The summed E-state index contributed by atoms with van der Waals surface area (Å²) in [6.45, 7) is 5.27. The van der Waals surface area contributed by atoms with Crippen LogP contribution in [0.5, 0.6) is 0 Å². The summed E-state index contributed by atoms with van der Waals surface area (Å²) in [5, 5.41) is 11.7. The van der Waals surface area contributed by atoms with Crippen molar-refractivity contribution in [2.45, 2.75) is 13.3 Å². The molecule has 0 spiro atoms. The number of carbonyl (C=O) groups excluding carboxylic acids is 1. The molecule has 1 aliphatic heterocycles. The van der Waals surface area contributed by atoms with Crippen molar-refractivity contribution < 1.29 is 4.79 Å². The van der Waals surface area contributed by atoms with Gasteiger partial charge in [0.1, 0.15) is 6.54 Å². The number of aryl methyl sites for hydroxylation is 1. The highest BCUT2D eigenvalue weighted by Gasteiger charge is 2.27. The molecule has 8 heteroatoms. The molecular formula is C17H24N6OS. The van der Waals surface area contributed by atoms with Crippen LogP contribution in [0.1, 0.15) is 12.5 Å². The first-order valence-electron chi connectivity index (χ1n) is 8.50. The third kappa shape index (κ3) is 4.39. The predicted molar refractivity (Wildman–Crippen MR) is 101 cm³/mol. The van der Waals surface area contributed by atoms with E-state index in [9.17, 15) is 4.79 Å². The molecule has 25 heavy (non-hydrogen) atoms. The average molecular weight is 360 g/mol. The highest BCUT2D eigenvalue weighted by atomic mass is 32.1. The van der Waals surface area contributed by atoms with Gasteiger partial charge in [0.15, 0.2) is 5.96 Å². The fraction of sp³-hybridized carbons (Fsp3) is 0.471. The van der Waals surface area contributed by atoms with E-state index < -0.39 is 0 Å². The lowest BCUT2D eigenvalue weighted by molar-refractivity contribution is -0.120. The van der Waals surface area contributed by atoms with E-state index in [-0.39, 0.29) is 5.91 Å². The van der Waals surface area contributed by atoms with Crippen molar-refractivity contribution in [2.24, 2.45) is 12.0 Å². The zero-order chi connectivity index (χ0) is 17.6. The number of aromatic nitrogens is 2. The summed E-state index contributed by atoms with van der Waals surface area (Å²) >= 11 is 1.71. The van der Waals surface area contributed by atoms with Gasteiger partial charge in [0.25, 0.3) is 0 Å². The number of nitrogens with zero attached hydrogens (tertiary/aromatic N) is 5. The Labute approximate surface area is 152 Å². The Morgan fingerprint density at radius 3 is 2.96 bits per heavy atom. The van der Waals surface area contributed by atoms with Crippen molar-refractivity contribution in [3.05, 3.63) is 34.8 Å². The second kappa shape index (κ2) is 8.15. The Balaban J connectivity index is 1.61. The lowest BCUT2D eigenvalue weighted by Crippen LogP contribution is -2.55. The number of nitrogens with one attached hydrogen (secondary N) is 1. The molecule has 0 aliphatic carbocycles. The van der Waals surface area contributed by atoms with E-state index in [0.717, 1.165) is 37.7 Å². The number of hydrogen-bond acceptors (Lipinski definition) is 4. The normalized spacial score (nSPS) is 15.8. The SMILES string of the molecule is CCNC(=NCCc1ccsc1)N1CCN(c2cnn(C)c2)C(=O)C1. The number of amides is 1. The quantitative estimate of drug-likeness (QED) is 0.645. The van der Waals surface area contributed by atoms with E-state index in [4.69, 9.17) is 4.99 Å². The standard InChI is InChI=1S/C17H24N6OS/c1-3-18-17(19-6-4-14-5-9-25-13-14)22-7-8-23(16(24)12-22)15-10-20-21(2)11-15/h5,9-11,13H,3-4,6-8,12H2,1-2H3,(H,18,19). The highest BCUT2D eigenvalue weighted by Crippen LogP contribution is 2.16. The molecule has 7 nitrogen and oxygen atoms in total. The molecule has 1 amide bonds. The molecule has 2 aromatic heterocycles. The monoisotopic (exact) mass is 360 g/mol. The topological polar surface area (TPSA) is 65.8 Å². The molecule has 1 aliphatic rings. The van der Waals surface area contributed by atoms with Gasteiger partial charge < -0.3 is 15.1 Å². The van der Waals surface area contributed by atoms with Crippen LogP contribution in [0.4, 0.5) is 5.69 Å². The Kier molecular flexibility index (Phi) is 5.70. The van der Waals surface area contributed by atoms with Crippen LogP contribution >= 0.6 is 11.3 Å². The van der Waals surface area contributed by atoms with Crippen molar-refractivity contribution in [3.63, 3.8) is 0 Å². The largest absolute Gasteiger partial charge is 0.357 e. The molecule has 1 N–H and O–H groups in total. The van der Waals surface area contributed by atoms with Crippen LogP contribution in [0.3, 0.4) is 0 Å². The van der Waals surface area contributed by atoms with Gasteiger partial charge in [0.2, 0.25) is 5.91 Å². The van der Waals surface area contributed by atoms with Crippen molar-refractivity contribution >= 4 is 28.9 Å². The molecule has 1 saturated heterocycles. The zero-order valence-electron chi connectivity index (χ0n) is 14.7. The number of aliphatic imine (C=N–C) groups is 1. The molecule has 0 unspecified atom stereocenters. The van der Waals surface area contributed by atoms with E-state index in [1.807, 2.05) is 25.1 Å². The third-order valence-corrected chi connectivity index (χ3v) is 4.83. The van der Waals surface area contributed by atoms with Crippen molar-refractivity contribution in [3.8, 4) is 0 Å². The lowest BCUT2D eigenvalue weighted by atomic mass is 10.2. The first-order valence-corrected chi connectivity index (χ1v) is 9.45. The molecule has 0 atom stereocenters. The first-order chi connectivity index (χ1) is 12.2. The summed E-state index contributed by atoms with van der Waals surface area (Å²) in [6.07, 6.45) is 4.52. The van der Waals surface area contributed by atoms with E-state index >= 15 is 0 Å². The maximum atomic E-state index is 12.5. The second-order valence-corrected chi connectivity index (χ2v) is 6.74. The van der Waals surface area contributed by atoms with Gasteiger partial charge in [-0.05, 0) is 35.7 Å². The van der Waals surface area contributed by atoms with Crippen LogP contribution in [0, 0.1) is 0 Å². The molecule has 0 saturated carbocycles. The summed E-state index contributed by atoms with van der Waals surface area (Å²) in [5.41, 5.74) is 2.16. The van der Waals surface area contributed by atoms with Crippen LogP contribution in [0.25, 0.3) is 0 Å². The van der Waals surface area contributed by atoms with Crippen LogP contribution in [-0.4, -0.2) is 59.3 Å². The number of rotatable bonds is 5. The van der Waals surface area contributed by atoms with Crippen molar-refractivity contribution in [2.75, 3.05) is 37.6 Å². The lowest BCUT2D eigenvalue weighted by Gasteiger charge is -2.35. The smallest absolute Gasteiger partial charge is 0.246 e. The molecular weight excluding hydrogens is 336 g/mol. The average Bonchev–Trinajstić information content (AvgIpc) is 3.26. The van der Waals surface area contributed by atoms with E-state index in [1.54, 1.807) is 27.1 Å². The number of carbonyl (C=O) groups is 1. The first kappa shape index (κ1) is 17.5. The third-order valence-electron chi connectivity index (χ3n) is 4.10. The Morgan fingerprint density at radius 2 is 2.32 bits per heavy atom. The van der Waals surface area contributed by atoms with Gasteiger partial charge in [-0.3, -0.25) is 14.5 Å².